The first-order chi connectivity index (χ1) is 9.24. The largest absolute Gasteiger partial charge is 0.344 e. The second-order valence-electron chi connectivity index (χ2n) is 4.57. The summed E-state index contributed by atoms with van der Waals surface area (Å²) in [5.74, 6) is 0. The number of hydrogen-bond acceptors (Lipinski definition) is 0. The monoisotopic (exact) mass is 311 g/mol. The maximum absolute atomic E-state index is 3.45. The third-order valence-electron chi connectivity index (χ3n) is 3.31. The summed E-state index contributed by atoms with van der Waals surface area (Å²) < 4.78 is 3.32. The predicted octanol–water partition coefficient (Wildman–Crippen LogP) is 5.11. The van der Waals surface area contributed by atoms with Gasteiger partial charge < -0.3 is 4.57 Å². The average molecular weight is 312 g/mol. The lowest BCUT2D eigenvalue weighted by Crippen LogP contribution is -1.89. The van der Waals surface area contributed by atoms with Crippen molar-refractivity contribution in [1.82, 2.24) is 4.57 Å². The van der Waals surface area contributed by atoms with Crippen LogP contribution >= 0.6 is 15.9 Å². The smallest absolute Gasteiger partial charge is 0.0482 e. The number of para-hydroxylation sites is 1. The van der Waals surface area contributed by atoms with E-state index in [1.165, 1.54) is 22.2 Å². The number of aromatic nitrogens is 1. The zero-order valence-corrected chi connectivity index (χ0v) is 12.3. The number of benzene rings is 2. The molecule has 0 amide bonds. The van der Waals surface area contributed by atoms with Crippen molar-refractivity contribution >= 4 is 39.0 Å². The van der Waals surface area contributed by atoms with Gasteiger partial charge in [0.2, 0.25) is 0 Å². The molecule has 0 atom stereocenters. The van der Waals surface area contributed by atoms with Crippen LogP contribution < -0.4 is 0 Å². The molecule has 0 aliphatic rings. The lowest BCUT2D eigenvalue weighted by atomic mass is 10.2. The summed E-state index contributed by atoms with van der Waals surface area (Å²) in [5.41, 5.74) is 3.68. The van der Waals surface area contributed by atoms with Crippen LogP contribution in [0.1, 0.15) is 11.3 Å². The van der Waals surface area contributed by atoms with Crippen molar-refractivity contribution in [3.8, 4) is 0 Å². The van der Waals surface area contributed by atoms with Gasteiger partial charge in [0.05, 0.1) is 0 Å². The van der Waals surface area contributed by atoms with Gasteiger partial charge in [-0.15, -0.1) is 0 Å². The second-order valence-corrected chi connectivity index (χ2v) is 5.49. The molecule has 1 aromatic heterocycles. The van der Waals surface area contributed by atoms with E-state index >= 15 is 0 Å². The highest BCUT2D eigenvalue weighted by molar-refractivity contribution is 9.10. The van der Waals surface area contributed by atoms with E-state index < -0.39 is 0 Å². The van der Waals surface area contributed by atoms with Crippen LogP contribution in [-0.2, 0) is 7.05 Å². The molecule has 0 saturated heterocycles. The molecule has 0 fully saturated rings. The number of rotatable bonds is 2. The Hall–Kier alpha value is -1.80. The Morgan fingerprint density at radius 2 is 1.68 bits per heavy atom. The molecular weight excluding hydrogens is 298 g/mol. The third-order valence-corrected chi connectivity index (χ3v) is 3.83. The summed E-state index contributed by atoms with van der Waals surface area (Å²) in [6, 6.07) is 19.0. The summed E-state index contributed by atoms with van der Waals surface area (Å²) >= 11 is 3.45. The highest BCUT2D eigenvalue weighted by Crippen LogP contribution is 2.20. The molecule has 0 bridgehead atoms. The Kier molecular flexibility index (Phi) is 3.26. The van der Waals surface area contributed by atoms with Gasteiger partial charge >= 0.3 is 0 Å². The van der Waals surface area contributed by atoms with Crippen LogP contribution in [0.3, 0.4) is 0 Å². The van der Waals surface area contributed by atoms with Crippen LogP contribution in [0, 0.1) is 0 Å². The summed E-state index contributed by atoms with van der Waals surface area (Å²) in [5, 5.41) is 1.28. The van der Waals surface area contributed by atoms with Crippen LogP contribution in [-0.4, -0.2) is 4.57 Å². The Labute approximate surface area is 121 Å². The van der Waals surface area contributed by atoms with Crippen LogP contribution in [0.25, 0.3) is 23.1 Å². The molecular formula is C17H14BrN. The average Bonchev–Trinajstić information content (AvgIpc) is 2.76. The van der Waals surface area contributed by atoms with Crippen molar-refractivity contribution in [2.45, 2.75) is 0 Å². The van der Waals surface area contributed by atoms with Crippen LogP contribution in [0.5, 0.6) is 0 Å². The Morgan fingerprint density at radius 3 is 2.42 bits per heavy atom. The Balaban J connectivity index is 1.97. The van der Waals surface area contributed by atoms with Crippen LogP contribution in [0.15, 0.2) is 59.1 Å². The lowest BCUT2D eigenvalue weighted by molar-refractivity contribution is 0.955. The molecule has 1 nitrogen and oxygen atoms in total. The standard InChI is InChI=1S/C17H14BrN/c1-19-16(12-14-4-2-3-5-17(14)19)11-8-13-6-9-15(18)10-7-13/h2-12H,1H3/b11-8+. The van der Waals surface area contributed by atoms with Gasteiger partial charge in [0.15, 0.2) is 0 Å². The molecule has 94 valence electrons. The number of hydrogen-bond donors (Lipinski definition) is 0. The Bertz CT molecular complexity index is 736. The summed E-state index contributed by atoms with van der Waals surface area (Å²) in [7, 11) is 2.10. The number of halogens is 1. The van der Waals surface area contributed by atoms with Gasteiger partial charge in [-0.2, -0.15) is 0 Å². The fraction of sp³-hybridized carbons (Fsp3) is 0.0588. The quantitative estimate of drug-likeness (QED) is 0.619. The molecule has 0 radical (unpaired) electrons. The van der Waals surface area contributed by atoms with E-state index in [0.29, 0.717) is 0 Å². The van der Waals surface area contributed by atoms with Gasteiger partial charge in [0, 0.05) is 28.1 Å². The van der Waals surface area contributed by atoms with Gasteiger partial charge in [-0.1, -0.05) is 52.3 Å². The normalized spacial score (nSPS) is 11.5. The highest BCUT2D eigenvalue weighted by atomic mass is 79.9. The van der Waals surface area contributed by atoms with Crippen molar-refractivity contribution in [2.75, 3.05) is 0 Å². The molecule has 3 aromatic rings. The first-order valence-corrected chi connectivity index (χ1v) is 7.01. The summed E-state index contributed by atoms with van der Waals surface area (Å²) in [6.07, 6.45) is 4.30. The number of aryl methyl sites for hydroxylation is 1. The molecule has 0 spiro atoms. The highest BCUT2D eigenvalue weighted by Gasteiger charge is 2.01. The predicted molar refractivity (Wildman–Crippen MR) is 86.0 cm³/mol. The topological polar surface area (TPSA) is 4.93 Å². The van der Waals surface area contributed by atoms with Crippen molar-refractivity contribution in [3.63, 3.8) is 0 Å². The van der Waals surface area contributed by atoms with Crippen LogP contribution in [0.4, 0.5) is 0 Å². The number of fused-ring (bicyclic) bond motifs is 1. The van der Waals surface area contributed by atoms with Gasteiger partial charge in [0.1, 0.15) is 0 Å². The molecule has 2 heteroatoms. The van der Waals surface area contributed by atoms with E-state index in [-0.39, 0.29) is 0 Å². The van der Waals surface area contributed by atoms with Crippen molar-refractivity contribution < 1.29 is 0 Å². The Morgan fingerprint density at radius 1 is 0.947 bits per heavy atom. The minimum Gasteiger partial charge on any atom is -0.344 e. The first kappa shape index (κ1) is 12.2. The molecule has 2 aromatic carbocycles. The first-order valence-electron chi connectivity index (χ1n) is 6.22. The molecule has 0 aliphatic carbocycles. The summed E-state index contributed by atoms with van der Waals surface area (Å²) in [4.78, 5) is 0. The lowest BCUT2D eigenvalue weighted by Gasteiger charge is -1.99. The van der Waals surface area contributed by atoms with Crippen molar-refractivity contribution in [3.05, 3.63) is 70.3 Å². The van der Waals surface area contributed by atoms with Gasteiger partial charge in [-0.05, 0) is 35.9 Å². The van der Waals surface area contributed by atoms with Crippen molar-refractivity contribution in [2.24, 2.45) is 7.05 Å². The van der Waals surface area contributed by atoms with E-state index in [9.17, 15) is 0 Å². The van der Waals surface area contributed by atoms with E-state index in [1.807, 2.05) is 0 Å². The van der Waals surface area contributed by atoms with Gasteiger partial charge in [-0.25, -0.2) is 0 Å². The van der Waals surface area contributed by atoms with E-state index in [2.05, 4.69) is 94.3 Å². The second kappa shape index (κ2) is 5.06. The van der Waals surface area contributed by atoms with Crippen molar-refractivity contribution in [1.29, 1.82) is 0 Å². The maximum atomic E-state index is 3.45. The van der Waals surface area contributed by atoms with Gasteiger partial charge in [-0.3, -0.25) is 0 Å². The van der Waals surface area contributed by atoms with E-state index in [1.54, 1.807) is 0 Å². The van der Waals surface area contributed by atoms with E-state index in [0.717, 1.165) is 4.47 Å². The van der Waals surface area contributed by atoms with Crippen LogP contribution in [0.2, 0.25) is 0 Å². The number of nitrogens with zero attached hydrogens (tertiary/aromatic N) is 1. The van der Waals surface area contributed by atoms with E-state index in [4.69, 9.17) is 0 Å². The zero-order chi connectivity index (χ0) is 13.2. The fourth-order valence-electron chi connectivity index (χ4n) is 2.23. The molecule has 1 heterocycles. The van der Waals surface area contributed by atoms with Gasteiger partial charge in [0.25, 0.3) is 0 Å². The zero-order valence-electron chi connectivity index (χ0n) is 10.7. The minimum atomic E-state index is 1.11. The molecule has 0 saturated carbocycles. The third kappa shape index (κ3) is 2.49. The minimum absolute atomic E-state index is 1.11. The molecule has 0 N–H and O–H groups in total. The molecule has 19 heavy (non-hydrogen) atoms. The molecule has 0 unspecified atom stereocenters. The SMILES string of the molecule is Cn1c(/C=C/c2ccc(Br)cc2)cc2ccccc21. The molecule has 3 rings (SSSR count). The fourth-order valence-corrected chi connectivity index (χ4v) is 2.49. The molecule has 0 aliphatic heterocycles. The maximum Gasteiger partial charge on any atom is 0.0482 e. The summed E-state index contributed by atoms with van der Waals surface area (Å²) in [6.45, 7) is 0.